The standard InChI is InChI=1S/C19H18N2O7/c1-11-14(5-4-6-15(11)21(25)26)20-19(24)17(23)10-16(22)13-9-12(27-2)7-8-18(13)28-3/h4-10,22H,1-3H3,(H,20,24)/b16-10-. The molecule has 0 spiro atoms. The summed E-state index contributed by atoms with van der Waals surface area (Å²) in [5.41, 5.74) is 0.301. The number of anilines is 1. The van der Waals surface area contributed by atoms with Crippen molar-refractivity contribution in [1.82, 2.24) is 0 Å². The Balaban J connectivity index is 2.26. The molecule has 0 atom stereocenters. The highest BCUT2D eigenvalue weighted by Crippen LogP contribution is 2.29. The summed E-state index contributed by atoms with van der Waals surface area (Å²) >= 11 is 0. The van der Waals surface area contributed by atoms with E-state index in [1.807, 2.05) is 0 Å². The fraction of sp³-hybridized carbons (Fsp3) is 0.158. The van der Waals surface area contributed by atoms with Gasteiger partial charge in [-0.2, -0.15) is 0 Å². The number of rotatable bonds is 7. The number of amides is 1. The zero-order valence-corrected chi connectivity index (χ0v) is 15.4. The first-order chi connectivity index (χ1) is 13.3. The molecule has 0 aliphatic rings. The van der Waals surface area contributed by atoms with Gasteiger partial charge in [0.2, 0.25) is 5.78 Å². The minimum atomic E-state index is -1.06. The zero-order chi connectivity index (χ0) is 20.8. The van der Waals surface area contributed by atoms with Gasteiger partial charge in [0.25, 0.3) is 11.6 Å². The van der Waals surface area contributed by atoms with Crippen LogP contribution in [-0.4, -0.2) is 35.9 Å². The number of nitrogens with zero attached hydrogens (tertiary/aromatic N) is 1. The van der Waals surface area contributed by atoms with E-state index in [1.165, 1.54) is 51.5 Å². The van der Waals surface area contributed by atoms with E-state index in [0.717, 1.165) is 6.08 Å². The lowest BCUT2D eigenvalue weighted by Gasteiger charge is -2.10. The van der Waals surface area contributed by atoms with Crippen LogP contribution in [0.25, 0.3) is 5.76 Å². The number of benzene rings is 2. The van der Waals surface area contributed by atoms with E-state index >= 15 is 0 Å². The number of ketones is 1. The van der Waals surface area contributed by atoms with Crippen LogP contribution in [0.2, 0.25) is 0 Å². The van der Waals surface area contributed by atoms with Crippen molar-refractivity contribution in [3.05, 3.63) is 63.7 Å². The van der Waals surface area contributed by atoms with Crippen LogP contribution in [-0.2, 0) is 9.59 Å². The fourth-order valence-electron chi connectivity index (χ4n) is 2.42. The van der Waals surface area contributed by atoms with E-state index in [1.54, 1.807) is 6.07 Å². The molecule has 0 radical (unpaired) electrons. The number of aliphatic hydroxyl groups is 1. The van der Waals surface area contributed by atoms with Crippen LogP contribution in [0.3, 0.4) is 0 Å². The third-order valence-electron chi connectivity index (χ3n) is 3.92. The highest BCUT2D eigenvalue weighted by atomic mass is 16.6. The summed E-state index contributed by atoms with van der Waals surface area (Å²) in [6.45, 7) is 1.45. The van der Waals surface area contributed by atoms with Crippen LogP contribution in [0.15, 0.2) is 42.5 Å². The minimum absolute atomic E-state index is 0.124. The van der Waals surface area contributed by atoms with Gasteiger partial charge >= 0.3 is 0 Å². The lowest BCUT2D eigenvalue weighted by Crippen LogP contribution is -2.22. The fourth-order valence-corrected chi connectivity index (χ4v) is 2.42. The topological polar surface area (TPSA) is 128 Å². The molecule has 0 heterocycles. The number of carbonyl (C=O) groups excluding carboxylic acids is 2. The van der Waals surface area contributed by atoms with Crippen LogP contribution < -0.4 is 14.8 Å². The van der Waals surface area contributed by atoms with E-state index in [4.69, 9.17) is 9.47 Å². The molecule has 0 fully saturated rings. The Bertz CT molecular complexity index is 967. The first-order valence-electron chi connectivity index (χ1n) is 8.00. The van der Waals surface area contributed by atoms with Crippen LogP contribution in [0.1, 0.15) is 11.1 Å². The smallest absolute Gasteiger partial charge is 0.296 e. The quantitative estimate of drug-likeness (QED) is 0.246. The molecule has 0 aliphatic heterocycles. The summed E-state index contributed by atoms with van der Waals surface area (Å²) in [4.78, 5) is 34.7. The number of nitro groups is 1. The number of aliphatic hydroxyl groups excluding tert-OH is 1. The van der Waals surface area contributed by atoms with Gasteiger partial charge in [-0.15, -0.1) is 0 Å². The number of nitrogens with one attached hydrogen (secondary N) is 1. The van der Waals surface area contributed by atoms with Crippen molar-refractivity contribution < 1.29 is 29.1 Å². The second-order valence-electron chi connectivity index (χ2n) is 5.62. The first-order valence-corrected chi connectivity index (χ1v) is 8.00. The van der Waals surface area contributed by atoms with Gasteiger partial charge in [0.05, 0.1) is 36.0 Å². The lowest BCUT2D eigenvalue weighted by atomic mass is 10.1. The minimum Gasteiger partial charge on any atom is -0.507 e. The third kappa shape index (κ3) is 4.44. The van der Waals surface area contributed by atoms with Gasteiger partial charge in [-0.25, -0.2) is 0 Å². The zero-order valence-electron chi connectivity index (χ0n) is 15.4. The molecule has 1 amide bonds. The molecule has 0 unspecified atom stereocenters. The first kappa shape index (κ1) is 20.4. The molecular formula is C19H18N2O7. The maximum atomic E-state index is 12.2. The van der Waals surface area contributed by atoms with E-state index in [-0.39, 0.29) is 28.3 Å². The molecule has 2 aromatic rings. The van der Waals surface area contributed by atoms with Gasteiger partial charge in [-0.05, 0) is 31.2 Å². The van der Waals surface area contributed by atoms with Crippen molar-refractivity contribution in [1.29, 1.82) is 0 Å². The van der Waals surface area contributed by atoms with Gasteiger partial charge in [-0.1, -0.05) is 6.07 Å². The predicted octanol–water partition coefficient (Wildman–Crippen LogP) is 3.03. The molecule has 2 rings (SSSR count). The Morgan fingerprint density at radius 3 is 2.50 bits per heavy atom. The van der Waals surface area contributed by atoms with Gasteiger partial charge in [-0.3, -0.25) is 19.7 Å². The summed E-state index contributed by atoms with van der Waals surface area (Å²) < 4.78 is 10.2. The molecule has 0 aliphatic carbocycles. The average molecular weight is 386 g/mol. The number of hydrogen-bond donors (Lipinski definition) is 2. The number of methoxy groups -OCH3 is 2. The normalized spacial score (nSPS) is 10.9. The number of hydrogen-bond acceptors (Lipinski definition) is 7. The predicted molar refractivity (Wildman–Crippen MR) is 102 cm³/mol. The number of nitro benzene ring substituents is 1. The maximum Gasteiger partial charge on any atom is 0.296 e. The molecule has 2 aromatic carbocycles. The molecule has 9 heteroatoms. The molecule has 0 aromatic heterocycles. The van der Waals surface area contributed by atoms with Crippen LogP contribution >= 0.6 is 0 Å². The van der Waals surface area contributed by atoms with Crippen LogP contribution in [0, 0.1) is 17.0 Å². The van der Waals surface area contributed by atoms with Crippen LogP contribution in [0.4, 0.5) is 11.4 Å². The van der Waals surface area contributed by atoms with Crippen molar-refractivity contribution in [3.8, 4) is 11.5 Å². The molecule has 0 saturated carbocycles. The van der Waals surface area contributed by atoms with Gasteiger partial charge in [0.1, 0.15) is 17.3 Å². The van der Waals surface area contributed by atoms with E-state index < -0.39 is 22.4 Å². The Hall–Kier alpha value is -3.88. The summed E-state index contributed by atoms with van der Waals surface area (Å²) in [5.74, 6) is -1.91. The Kier molecular flexibility index (Phi) is 6.33. The van der Waals surface area contributed by atoms with Crippen molar-refractivity contribution in [2.45, 2.75) is 6.92 Å². The Morgan fingerprint density at radius 2 is 1.89 bits per heavy atom. The lowest BCUT2D eigenvalue weighted by molar-refractivity contribution is -0.385. The van der Waals surface area contributed by atoms with Crippen molar-refractivity contribution >= 4 is 28.8 Å². The van der Waals surface area contributed by atoms with Crippen molar-refractivity contribution in [3.63, 3.8) is 0 Å². The highest BCUT2D eigenvalue weighted by molar-refractivity contribution is 6.45. The van der Waals surface area contributed by atoms with Crippen molar-refractivity contribution in [2.24, 2.45) is 0 Å². The molecule has 9 nitrogen and oxygen atoms in total. The van der Waals surface area contributed by atoms with Gasteiger partial charge in [0, 0.05) is 12.1 Å². The highest BCUT2D eigenvalue weighted by Gasteiger charge is 2.19. The SMILES string of the molecule is COc1ccc(OC)c(/C(O)=C/C(=O)C(=O)Nc2cccc([N+](=O)[O-])c2C)c1. The second-order valence-corrected chi connectivity index (χ2v) is 5.62. The van der Waals surface area contributed by atoms with E-state index in [9.17, 15) is 24.8 Å². The summed E-state index contributed by atoms with van der Waals surface area (Å²) in [7, 11) is 2.82. The van der Waals surface area contributed by atoms with Crippen LogP contribution in [0.5, 0.6) is 11.5 Å². The molecule has 146 valence electrons. The molecule has 0 saturated heterocycles. The monoisotopic (exact) mass is 386 g/mol. The summed E-state index contributed by atoms with van der Waals surface area (Å²) in [6, 6.07) is 8.69. The van der Waals surface area contributed by atoms with E-state index in [0.29, 0.717) is 5.75 Å². The Labute approximate surface area is 160 Å². The molecule has 28 heavy (non-hydrogen) atoms. The average Bonchev–Trinajstić information content (AvgIpc) is 2.68. The second kappa shape index (κ2) is 8.67. The van der Waals surface area contributed by atoms with E-state index in [2.05, 4.69) is 5.32 Å². The van der Waals surface area contributed by atoms with Gasteiger partial charge < -0.3 is 19.9 Å². The largest absolute Gasteiger partial charge is 0.507 e. The molecule has 0 bridgehead atoms. The molecular weight excluding hydrogens is 368 g/mol. The van der Waals surface area contributed by atoms with Gasteiger partial charge in [0.15, 0.2) is 0 Å². The maximum absolute atomic E-state index is 12.2. The number of carbonyl (C=O) groups is 2. The summed E-state index contributed by atoms with van der Waals surface area (Å²) in [5, 5.41) is 23.5. The van der Waals surface area contributed by atoms with Crippen molar-refractivity contribution in [2.75, 3.05) is 19.5 Å². The number of ether oxygens (including phenoxy) is 2. The Morgan fingerprint density at radius 1 is 1.18 bits per heavy atom. The molecule has 2 N–H and O–H groups in total. The summed E-state index contributed by atoms with van der Waals surface area (Å²) in [6.07, 6.45) is 0.735. The third-order valence-corrected chi connectivity index (χ3v) is 3.92.